The average molecular weight is 533 g/mol. The summed E-state index contributed by atoms with van der Waals surface area (Å²) in [6, 6.07) is 9.71. The number of carbonyl (C=O) groups is 1. The summed E-state index contributed by atoms with van der Waals surface area (Å²) in [6.45, 7) is 2.27. The summed E-state index contributed by atoms with van der Waals surface area (Å²) in [6.07, 6.45) is -3.57. The van der Waals surface area contributed by atoms with Crippen LogP contribution < -0.4 is 10.1 Å². The highest BCUT2D eigenvalue weighted by atomic mass is 19.4. The van der Waals surface area contributed by atoms with Gasteiger partial charge >= 0.3 is 6.18 Å². The largest absolute Gasteiger partial charge is 0.491 e. The Morgan fingerprint density at radius 3 is 2.42 bits per heavy atom. The first-order chi connectivity index (χ1) is 18.0. The number of nitrogens with one attached hydrogen (secondary N) is 2. The highest BCUT2D eigenvalue weighted by Crippen LogP contribution is 2.42. The molecule has 38 heavy (non-hydrogen) atoms. The van der Waals surface area contributed by atoms with Crippen molar-refractivity contribution in [1.29, 1.82) is 0 Å². The second-order valence-electron chi connectivity index (χ2n) is 8.58. The summed E-state index contributed by atoms with van der Waals surface area (Å²) >= 11 is 0. The van der Waals surface area contributed by atoms with Gasteiger partial charge in [0.15, 0.2) is 0 Å². The van der Waals surface area contributed by atoms with Crippen LogP contribution in [0, 0.1) is 11.6 Å². The van der Waals surface area contributed by atoms with Crippen molar-refractivity contribution in [3.05, 3.63) is 83.2 Å². The number of fused-ring (bicyclic) bond motifs is 1. The van der Waals surface area contributed by atoms with Gasteiger partial charge in [0.05, 0.1) is 24.4 Å². The van der Waals surface area contributed by atoms with E-state index in [0.717, 1.165) is 24.3 Å². The number of ether oxygens (including phenoxy) is 1. The maximum absolute atomic E-state index is 14.4. The summed E-state index contributed by atoms with van der Waals surface area (Å²) in [7, 11) is 0. The normalized spacial score (nSPS) is 13.4. The maximum atomic E-state index is 14.4. The third-order valence-electron chi connectivity index (χ3n) is 6.11. The zero-order valence-electron chi connectivity index (χ0n) is 20.4. The molecule has 0 aliphatic rings. The predicted octanol–water partition coefficient (Wildman–Crippen LogP) is 5.65. The van der Waals surface area contributed by atoms with Crippen LogP contribution in [0.5, 0.6) is 5.75 Å². The molecule has 0 unspecified atom stereocenters. The van der Waals surface area contributed by atoms with Crippen LogP contribution in [-0.4, -0.2) is 40.3 Å². The molecule has 0 bridgehead atoms. The van der Waals surface area contributed by atoms with Gasteiger partial charge in [0, 0.05) is 22.7 Å². The number of H-pyrrole nitrogens is 1. The van der Waals surface area contributed by atoms with Crippen LogP contribution in [0.2, 0.25) is 0 Å². The highest BCUT2D eigenvalue weighted by molar-refractivity contribution is 5.98. The molecule has 2 aromatic carbocycles. The molecule has 200 valence electrons. The fourth-order valence-electron chi connectivity index (χ4n) is 4.07. The van der Waals surface area contributed by atoms with Gasteiger partial charge in [-0.15, -0.1) is 0 Å². The van der Waals surface area contributed by atoms with E-state index in [0.29, 0.717) is 10.9 Å². The number of halogens is 5. The lowest BCUT2D eigenvalue weighted by atomic mass is 9.94. The molecule has 0 spiro atoms. The van der Waals surface area contributed by atoms with Crippen LogP contribution in [0.1, 0.15) is 35.5 Å². The van der Waals surface area contributed by atoms with E-state index in [9.17, 15) is 31.9 Å². The number of aryl methyl sites for hydroxylation is 1. The topological polar surface area (TPSA) is 87.2 Å². The average Bonchev–Trinajstić information content (AvgIpc) is 3.36. The summed E-state index contributed by atoms with van der Waals surface area (Å²) < 4.78 is 76.6. The number of carbonyl (C=O) groups excluding carboxylic acids is 1. The van der Waals surface area contributed by atoms with Crippen LogP contribution in [-0.2, 0) is 12.0 Å². The molecule has 11 heteroatoms. The monoisotopic (exact) mass is 533 g/mol. The molecule has 4 rings (SSSR count). The molecule has 1 atom stereocenters. The van der Waals surface area contributed by atoms with Crippen molar-refractivity contribution < 1.29 is 36.6 Å². The smallest absolute Gasteiger partial charge is 0.424 e. The Balaban J connectivity index is 1.76. The number of amides is 1. The lowest BCUT2D eigenvalue weighted by molar-refractivity contribution is -0.265. The molecule has 2 heterocycles. The number of benzene rings is 2. The Hall–Kier alpha value is -3.99. The first-order valence-electron chi connectivity index (χ1n) is 11.8. The summed E-state index contributed by atoms with van der Waals surface area (Å²) in [5, 5.41) is 13.4. The van der Waals surface area contributed by atoms with Crippen LogP contribution >= 0.6 is 0 Å². The maximum Gasteiger partial charge on any atom is 0.424 e. The molecule has 0 saturated carbocycles. The third kappa shape index (κ3) is 5.06. The molecular weight excluding hydrogens is 509 g/mol. The molecule has 1 amide bonds. The fraction of sp³-hybridized carbons (Fsp3) is 0.259. The van der Waals surface area contributed by atoms with E-state index in [4.69, 9.17) is 4.74 Å². The van der Waals surface area contributed by atoms with Gasteiger partial charge in [-0.2, -0.15) is 13.2 Å². The zero-order valence-corrected chi connectivity index (χ0v) is 20.4. The van der Waals surface area contributed by atoms with Gasteiger partial charge in [0.2, 0.25) is 5.60 Å². The van der Waals surface area contributed by atoms with Crippen molar-refractivity contribution in [2.75, 3.05) is 13.2 Å². The molecule has 2 aromatic heterocycles. The fourth-order valence-corrected chi connectivity index (χ4v) is 4.07. The van der Waals surface area contributed by atoms with Crippen molar-refractivity contribution >= 4 is 16.8 Å². The van der Waals surface area contributed by atoms with E-state index in [1.807, 2.05) is 0 Å². The highest BCUT2D eigenvalue weighted by Gasteiger charge is 2.56. The van der Waals surface area contributed by atoms with Gasteiger partial charge < -0.3 is 20.1 Å². The van der Waals surface area contributed by atoms with E-state index in [-0.39, 0.29) is 41.1 Å². The minimum Gasteiger partial charge on any atom is -0.491 e. The first-order valence-corrected chi connectivity index (χ1v) is 11.8. The Labute approximate surface area is 214 Å². The predicted molar refractivity (Wildman–Crippen MR) is 131 cm³/mol. The van der Waals surface area contributed by atoms with Crippen LogP contribution in [0.3, 0.4) is 0 Å². The molecule has 0 aliphatic carbocycles. The zero-order chi connectivity index (χ0) is 27.7. The van der Waals surface area contributed by atoms with Crippen molar-refractivity contribution in [2.45, 2.75) is 32.0 Å². The van der Waals surface area contributed by atoms with Crippen LogP contribution in [0.4, 0.5) is 22.0 Å². The van der Waals surface area contributed by atoms with Crippen molar-refractivity contribution in [2.24, 2.45) is 0 Å². The number of hydrogen-bond acceptors (Lipinski definition) is 4. The van der Waals surface area contributed by atoms with Gasteiger partial charge in [-0.05, 0) is 67.4 Å². The lowest BCUT2D eigenvalue weighted by Crippen LogP contribution is -2.51. The lowest BCUT2D eigenvalue weighted by Gasteiger charge is -2.31. The number of pyridine rings is 1. The Morgan fingerprint density at radius 2 is 1.79 bits per heavy atom. The third-order valence-corrected chi connectivity index (χ3v) is 6.11. The quantitative estimate of drug-likeness (QED) is 0.256. The standard InChI is InChI=1S/C27H24F5N3O3/c1-3-15-13-21(35-23(24(15)38-4-2)16-5-7-19(28)8-6-16)26(37,27(30,31)32)14-34-25(36)18-11-17-9-10-33-22(17)20(29)12-18/h5-13,33,37H,3-4,14H2,1-2H3,(H,34,36)/t26-/m0/s1. The molecule has 0 aliphatic heterocycles. The molecule has 3 N–H and O–H groups in total. The Kier molecular flexibility index (Phi) is 7.41. The molecule has 0 radical (unpaired) electrons. The van der Waals surface area contributed by atoms with Crippen molar-refractivity contribution in [3.8, 4) is 17.0 Å². The Morgan fingerprint density at radius 1 is 1.08 bits per heavy atom. The summed E-state index contributed by atoms with van der Waals surface area (Å²) in [5.74, 6) is -2.12. The van der Waals surface area contributed by atoms with Gasteiger partial charge in [-0.1, -0.05) is 6.92 Å². The van der Waals surface area contributed by atoms with Crippen molar-refractivity contribution in [1.82, 2.24) is 15.3 Å². The summed E-state index contributed by atoms with van der Waals surface area (Å²) in [5.41, 5.74) is -3.89. The summed E-state index contributed by atoms with van der Waals surface area (Å²) in [4.78, 5) is 19.5. The van der Waals surface area contributed by atoms with Gasteiger partial charge in [0.25, 0.3) is 5.91 Å². The van der Waals surface area contributed by atoms with E-state index in [1.165, 1.54) is 30.5 Å². The number of aliphatic hydroxyl groups is 1. The molecule has 4 aromatic rings. The number of nitrogens with zero attached hydrogens (tertiary/aromatic N) is 1. The van der Waals surface area contributed by atoms with Crippen LogP contribution in [0.15, 0.2) is 54.7 Å². The minimum absolute atomic E-state index is 0.0184. The molecular formula is C27H24F5N3O3. The number of aromatic amines is 1. The van der Waals surface area contributed by atoms with Crippen molar-refractivity contribution in [3.63, 3.8) is 0 Å². The molecule has 0 saturated heterocycles. The van der Waals surface area contributed by atoms with E-state index in [2.05, 4.69) is 15.3 Å². The van der Waals surface area contributed by atoms with Gasteiger partial charge in [0.1, 0.15) is 23.1 Å². The second-order valence-corrected chi connectivity index (χ2v) is 8.58. The molecule has 0 fully saturated rings. The van der Waals surface area contributed by atoms with E-state index in [1.54, 1.807) is 13.8 Å². The minimum atomic E-state index is -5.26. The Bertz CT molecular complexity index is 1470. The number of alkyl halides is 3. The SMILES string of the molecule is CCOc1c(CC)cc([C@@](O)(CNC(=O)c2cc(F)c3[nH]ccc3c2)C(F)(F)F)nc1-c1ccc(F)cc1. The first kappa shape index (κ1) is 27.1. The van der Waals surface area contributed by atoms with E-state index < -0.39 is 41.6 Å². The van der Waals surface area contributed by atoms with Crippen LogP contribution in [0.25, 0.3) is 22.2 Å². The number of aromatic nitrogens is 2. The number of hydrogen-bond donors (Lipinski definition) is 3. The van der Waals surface area contributed by atoms with Gasteiger partial charge in [-0.25, -0.2) is 13.8 Å². The number of rotatable bonds is 8. The molecule has 6 nitrogen and oxygen atoms in total. The van der Waals surface area contributed by atoms with E-state index >= 15 is 0 Å². The second kappa shape index (κ2) is 10.4. The van der Waals surface area contributed by atoms with Gasteiger partial charge in [-0.3, -0.25) is 4.79 Å².